The minimum Gasteiger partial charge on any atom is -0.397 e. The van der Waals surface area contributed by atoms with Crippen LogP contribution in [0, 0.1) is 0 Å². The van der Waals surface area contributed by atoms with Crippen LogP contribution in [0.3, 0.4) is 0 Å². The zero-order valence-corrected chi connectivity index (χ0v) is 12.0. The van der Waals surface area contributed by atoms with Crippen molar-refractivity contribution in [3.05, 3.63) is 24.3 Å². The number of rotatable bonds is 4. The smallest absolute Gasteiger partial charge is 0.239 e. The van der Waals surface area contributed by atoms with Gasteiger partial charge >= 0.3 is 0 Å². The summed E-state index contributed by atoms with van der Waals surface area (Å²) in [5, 5.41) is 1.91. The standard InChI is InChI=1S/C13H18N2O4S/c1-9-12(6-7-19-9)20(17,18)8-13(16)15-11-5-3-2-4-10(11)14/h2-5,9,12H,6-8,14H2,1H3,(H,15,16). The molecule has 1 aromatic rings. The Balaban J connectivity index is 2.03. The van der Waals surface area contributed by atoms with Gasteiger partial charge in [0.05, 0.1) is 22.7 Å². The third-order valence-electron chi connectivity index (χ3n) is 3.34. The monoisotopic (exact) mass is 298 g/mol. The van der Waals surface area contributed by atoms with Crippen molar-refractivity contribution in [2.45, 2.75) is 24.7 Å². The van der Waals surface area contributed by atoms with Crippen LogP contribution < -0.4 is 11.1 Å². The summed E-state index contributed by atoms with van der Waals surface area (Å²) in [5.41, 5.74) is 6.51. The topological polar surface area (TPSA) is 98.5 Å². The van der Waals surface area contributed by atoms with Gasteiger partial charge in [0.2, 0.25) is 5.91 Å². The van der Waals surface area contributed by atoms with E-state index < -0.39 is 26.7 Å². The summed E-state index contributed by atoms with van der Waals surface area (Å²) < 4.78 is 29.6. The molecule has 3 N–H and O–H groups in total. The van der Waals surface area contributed by atoms with Crippen molar-refractivity contribution in [3.8, 4) is 0 Å². The van der Waals surface area contributed by atoms with E-state index in [9.17, 15) is 13.2 Å². The number of amides is 1. The van der Waals surface area contributed by atoms with Crippen LogP contribution >= 0.6 is 0 Å². The number of hydrogen-bond acceptors (Lipinski definition) is 5. The number of nitrogens with two attached hydrogens (primary N) is 1. The molecule has 20 heavy (non-hydrogen) atoms. The van der Waals surface area contributed by atoms with E-state index in [0.717, 1.165) is 0 Å². The molecule has 0 saturated carbocycles. The van der Waals surface area contributed by atoms with Gasteiger partial charge in [-0.05, 0) is 25.5 Å². The molecule has 1 amide bonds. The summed E-state index contributed by atoms with van der Waals surface area (Å²) >= 11 is 0. The Morgan fingerprint density at radius 2 is 2.15 bits per heavy atom. The number of nitrogen functional groups attached to an aromatic ring is 1. The molecule has 1 heterocycles. The van der Waals surface area contributed by atoms with Crippen molar-refractivity contribution < 1.29 is 17.9 Å². The molecule has 1 aliphatic rings. The number of para-hydroxylation sites is 2. The van der Waals surface area contributed by atoms with Crippen LogP contribution in [0.1, 0.15) is 13.3 Å². The molecule has 0 radical (unpaired) electrons. The fourth-order valence-corrected chi connectivity index (χ4v) is 4.04. The maximum absolute atomic E-state index is 12.2. The van der Waals surface area contributed by atoms with E-state index in [4.69, 9.17) is 10.5 Å². The lowest BCUT2D eigenvalue weighted by atomic mass is 10.2. The molecule has 1 fully saturated rings. The van der Waals surface area contributed by atoms with Gasteiger partial charge in [-0.15, -0.1) is 0 Å². The predicted octanol–water partition coefficient (Wildman–Crippen LogP) is 0.799. The molecule has 0 spiro atoms. The average Bonchev–Trinajstić information content (AvgIpc) is 2.78. The van der Waals surface area contributed by atoms with Crippen LogP contribution in [-0.2, 0) is 19.4 Å². The molecule has 1 aromatic carbocycles. The molecule has 7 heteroatoms. The number of ether oxygens (including phenoxy) is 1. The summed E-state index contributed by atoms with van der Waals surface area (Å²) in [6, 6.07) is 6.71. The highest BCUT2D eigenvalue weighted by Gasteiger charge is 2.36. The second kappa shape index (κ2) is 5.80. The lowest BCUT2D eigenvalue weighted by Gasteiger charge is -2.15. The third kappa shape index (κ3) is 3.29. The largest absolute Gasteiger partial charge is 0.397 e. The van der Waals surface area contributed by atoms with Crippen molar-refractivity contribution in [2.24, 2.45) is 0 Å². The third-order valence-corrected chi connectivity index (χ3v) is 5.54. The van der Waals surface area contributed by atoms with Gasteiger partial charge < -0.3 is 15.8 Å². The van der Waals surface area contributed by atoms with E-state index in [1.54, 1.807) is 31.2 Å². The normalized spacial score (nSPS) is 22.6. The summed E-state index contributed by atoms with van der Waals surface area (Å²) in [7, 11) is -3.52. The minimum atomic E-state index is -3.52. The summed E-state index contributed by atoms with van der Waals surface area (Å²) in [5.74, 6) is -1.14. The van der Waals surface area contributed by atoms with Crippen LogP contribution in [0.4, 0.5) is 11.4 Å². The van der Waals surface area contributed by atoms with Gasteiger partial charge in [-0.25, -0.2) is 8.42 Å². The first-order valence-electron chi connectivity index (χ1n) is 6.37. The van der Waals surface area contributed by atoms with E-state index in [1.165, 1.54) is 0 Å². The summed E-state index contributed by atoms with van der Waals surface area (Å²) in [6.07, 6.45) is 0.0687. The van der Waals surface area contributed by atoms with Gasteiger partial charge in [0, 0.05) is 6.61 Å². The molecular weight excluding hydrogens is 280 g/mol. The molecule has 0 aromatic heterocycles. The van der Waals surface area contributed by atoms with Gasteiger partial charge in [-0.1, -0.05) is 12.1 Å². The number of carbonyl (C=O) groups excluding carboxylic acids is 1. The Morgan fingerprint density at radius 1 is 1.45 bits per heavy atom. The fraction of sp³-hybridized carbons (Fsp3) is 0.462. The van der Waals surface area contributed by atoms with Crippen molar-refractivity contribution in [1.82, 2.24) is 0 Å². The molecule has 2 unspecified atom stereocenters. The first-order valence-corrected chi connectivity index (χ1v) is 8.09. The molecule has 1 aliphatic heterocycles. The van der Waals surface area contributed by atoms with Crippen LogP contribution in [0.5, 0.6) is 0 Å². The van der Waals surface area contributed by atoms with Crippen molar-refractivity contribution >= 4 is 27.1 Å². The molecular formula is C13H18N2O4S. The second-order valence-electron chi connectivity index (χ2n) is 4.85. The van der Waals surface area contributed by atoms with E-state index in [1.807, 2.05) is 0 Å². The maximum Gasteiger partial charge on any atom is 0.239 e. The van der Waals surface area contributed by atoms with E-state index >= 15 is 0 Å². The van der Waals surface area contributed by atoms with Gasteiger partial charge in [0.25, 0.3) is 0 Å². The molecule has 0 aliphatic carbocycles. The maximum atomic E-state index is 12.2. The average molecular weight is 298 g/mol. The summed E-state index contributed by atoms with van der Waals surface area (Å²) in [4.78, 5) is 11.9. The molecule has 110 valence electrons. The number of benzene rings is 1. The highest BCUT2D eigenvalue weighted by Crippen LogP contribution is 2.22. The van der Waals surface area contributed by atoms with Crippen LogP contribution in [0.2, 0.25) is 0 Å². The predicted molar refractivity (Wildman–Crippen MR) is 77.1 cm³/mol. The van der Waals surface area contributed by atoms with Crippen LogP contribution in [-0.4, -0.2) is 38.0 Å². The first-order chi connectivity index (χ1) is 9.40. The Kier molecular flexibility index (Phi) is 4.29. The minimum absolute atomic E-state index is 0.366. The highest BCUT2D eigenvalue weighted by molar-refractivity contribution is 7.92. The Bertz CT molecular complexity index is 600. The van der Waals surface area contributed by atoms with Crippen molar-refractivity contribution in [3.63, 3.8) is 0 Å². The molecule has 1 saturated heterocycles. The quantitative estimate of drug-likeness (QED) is 0.801. The Hall–Kier alpha value is -1.60. The van der Waals surface area contributed by atoms with Crippen LogP contribution in [0.25, 0.3) is 0 Å². The molecule has 2 rings (SSSR count). The zero-order chi connectivity index (χ0) is 14.8. The van der Waals surface area contributed by atoms with Gasteiger partial charge in [0.1, 0.15) is 5.75 Å². The molecule has 0 bridgehead atoms. The van der Waals surface area contributed by atoms with E-state index in [-0.39, 0.29) is 6.10 Å². The number of carbonyl (C=O) groups is 1. The number of nitrogens with one attached hydrogen (secondary N) is 1. The van der Waals surface area contributed by atoms with Crippen molar-refractivity contribution in [2.75, 3.05) is 23.4 Å². The SMILES string of the molecule is CC1OCCC1S(=O)(=O)CC(=O)Nc1ccccc1N. The second-order valence-corrected chi connectivity index (χ2v) is 7.07. The zero-order valence-electron chi connectivity index (χ0n) is 11.2. The van der Waals surface area contributed by atoms with E-state index in [2.05, 4.69) is 5.32 Å². The molecule has 2 atom stereocenters. The summed E-state index contributed by atoms with van der Waals surface area (Å²) in [6.45, 7) is 2.13. The first kappa shape index (κ1) is 14.8. The lowest BCUT2D eigenvalue weighted by molar-refractivity contribution is -0.113. The Labute approximate surface area is 118 Å². The Morgan fingerprint density at radius 3 is 2.75 bits per heavy atom. The number of anilines is 2. The van der Waals surface area contributed by atoms with Crippen LogP contribution in [0.15, 0.2) is 24.3 Å². The highest BCUT2D eigenvalue weighted by atomic mass is 32.2. The van der Waals surface area contributed by atoms with Gasteiger partial charge in [-0.3, -0.25) is 4.79 Å². The van der Waals surface area contributed by atoms with E-state index in [0.29, 0.717) is 24.4 Å². The van der Waals surface area contributed by atoms with Gasteiger partial charge in [0.15, 0.2) is 9.84 Å². The number of sulfone groups is 1. The lowest BCUT2D eigenvalue weighted by Crippen LogP contribution is -2.34. The van der Waals surface area contributed by atoms with Gasteiger partial charge in [-0.2, -0.15) is 0 Å². The number of hydrogen-bond donors (Lipinski definition) is 2. The molecule has 6 nitrogen and oxygen atoms in total. The fourth-order valence-electron chi connectivity index (χ4n) is 2.27. The van der Waals surface area contributed by atoms with Crippen molar-refractivity contribution in [1.29, 1.82) is 0 Å².